The van der Waals surface area contributed by atoms with Gasteiger partial charge in [0.2, 0.25) is 11.8 Å². The summed E-state index contributed by atoms with van der Waals surface area (Å²) in [4.78, 5) is 27.0. The summed E-state index contributed by atoms with van der Waals surface area (Å²) in [6.45, 7) is 4.82. The Morgan fingerprint density at radius 3 is 2.56 bits per heavy atom. The molecule has 25 heavy (non-hydrogen) atoms. The maximum absolute atomic E-state index is 12.9. The Hall–Kier alpha value is -2.10. The average molecular weight is 342 g/mol. The normalized spacial score (nSPS) is 19.9. The lowest BCUT2D eigenvalue weighted by Crippen LogP contribution is -2.44. The van der Waals surface area contributed by atoms with Crippen molar-refractivity contribution in [3.8, 4) is 0 Å². The van der Waals surface area contributed by atoms with Crippen molar-refractivity contribution >= 4 is 11.8 Å². The quantitative estimate of drug-likeness (QED) is 0.738. The first-order valence-electron chi connectivity index (χ1n) is 9.31. The van der Waals surface area contributed by atoms with Gasteiger partial charge in [0.05, 0.1) is 0 Å². The highest BCUT2D eigenvalue weighted by Gasteiger charge is 2.36. The Kier molecular flexibility index (Phi) is 7.71. The third-order valence-corrected chi connectivity index (χ3v) is 5.02. The van der Waals surface area contributed by atoms with E-state index >= 15 is 0 Å². The number of amides is 2. The summed E-state index contributed by atoms with van der Waals surface area (Å²) in [6.07, 6.45) is 7.24. The number of rotatable bonds is 8. The molecule has 1 aliphatic rings. The minimum absolute atomic E-state index is 0.00404. The molecule has 0 unspecified atom stereocenters. The molecule has 0 aromatic heterocycles. The topological polar surface area (TPSA) is 49.4 Å². The number of nitrogens with one attached hydrogen (secondary N) is 1. The fourth-order valence-electron chi connectivity index (χ4n) is 3.60. The van der Waals surface area contributed by atoms with Gasteiger partial charge < -0.3 is 10.2 Å². The Balaban J connectivity index is 1.87. The number of benzene rings is 1. The lowest BCUT2D eigenvalue weighted by Gasteiger charge is -2.32. The molecule has 1 saturated carbocycles. The molecule has 2 atom stereocenters. The van der Waals surface area contributed by atoms with Gasteiger partial charge in [0.1, 0.15) is 0 Å². The van der Waals surface area contributed by atoms with Crippen LogP contribution in [0.5, 0.6) is 0 Å². The monoisotopic (exact) mass is 342 g/mol. The zero-order chi connectivity index (χ0) is 18.1. The lowest BCUT2D eigenvalue weighted by molar-refractivity contribution is -0.142. The van der Waals surface area contributed by atoms with E-state index in [4.69, 9.17) is 0 Å². The van der Waals surface area contributed by atoms with Crippen molar-refractivity contribution in [2.75, 3.05) is 20.1 Å². The molecule has 0 heterocycles. The van der Waals surface area contributed by atoms with E-state index in [0.717, 1.165) is 45.1 Å². The van der Waals surface area contributed by atoms with E-state index in [1.807, 2.05) is 30.1 Å². The van der Waals surface area contributed by atoms with E-state index in [1.54, 1.807) is 6.08 Å². The van der Waals surface area contributed by atoms with Crippen LogP contribution in [0.1, 0.15) is 37.7 Å². The van der Waals surface area contributed by atoms with E-state index in [9.17, 15) is 9.59 Å². The minimum Gasteiger partial charge on any atom is -0.352 e. The second-order valence-electron chi connectivity index (χ2n) is 6.88. The van der Waals surface area contributed by atoms with Crippen LogP contribution in [0, 0.1) is 11.8 Å². The first-order valence-corrected chi connectivity index (χ1v) is 9.31. The SMILES string of the molecule is C=CCNC(=O)[C@@H]1CCCC[C@@H]1C(=O)N(C)CCCc1ccccc1. The molecule has 2 amide bonds. The summed E-state index contributed by atoms with van der Waals surface area (Å²) in [6, 6.07) is 10.3. The molecule has 0 aliphatic heterocycles. The van der Waals surface area contributed by atoms with Crippen molar-refractivity contribution in [3.63, 3.8) is 0 Å². The average Bonchev–Trinajstić information content (AvgIpc) is 2.66. The van der Waals surface area contributed by atoms with Crippen LogP contribution < -0.4 is 5.32 Å². The molecule has 4 heteroatoms. The highest BCUT2D eigenvalue weighted by molar-refractivity contribution is 5.87. The van der Waals surface area contributed by atoms with Gasteiger partial charge in [-0.1, -0.05) is 49.2 Å². The lowest BCUT2D eigenvalue weighted by atomic mass is 9.78. The number of nitrogens with zero attached hydrogens (tertiary/aromatic N) is 1. The van der Waals surface area contributed by atoms with Crippen molar-refractivity contribution in [1.82, 2.24) is 10.2 Å². The molecule has 1 aromatic rings. The van der Waals surface area contributed by atoms with Gasteiger partial charge in [-0.05, 0) is 31.2 Å². The van der Waals surface area contributed by atoms with Crippen molar-refractivity contribution in [3.05, 3.63) is 48.6 Å². The summed E-state index contributed by atoms with van der Waals surface area (Å²) in [7, 11) is 1.86. The Morgan fingerprint density at radius 1 is 1.20 bits per heavy atom. The Morgan fingerprint density at radius 2 is 1.88 bits per heavy atom. The Labute approximate surface area is 151 Å². The fraction of sp³-hybridized carbons (Fsp3) is 0.524. The number of hydrogen-bond acceptors (Lipinski definition) is 2. The molecular formula is C21H30N2O2. The smallest absolute Gasteiger partial charge is 0.226 e. The maximum Gasteiger partial charge on any atom is 0.226 e. The van der Waals surface area contributed by atoms with Crippen LogP contribution >= 0.6 is 0 Å². The third kappa shape index (κ3) is 5.73. The van der Waals surface area contributed by atoms with E-state index in [1.165, 1.54) is 5.56 Å². The van der Waals surface area contributed by atoms with Crippen LogP contribution in [0.25, 0.3) is 0 Å². The molecule has 2 rings (SSSR count). The summed E-state index contributed by atoms with van der Waals surface area (Å²) in [5, 5.41) is 2.86. The van der Waals surface area contributed by atoms with Crippen LogP contribution in [-0.4, -0.2) is 36.9 Å². The molecule has 1 aliphatic carbocycles. The summed E-state index contributed by atoms with van der Waals surface area (Å²) >= 11 is 0. The van der Waals surface area contributed by atoms with Gasteiger partial charge in [0.25, 0.3) is 0 Å². The largest absolute Gasteiger partial charge is 0.352 e. The second kappa shape index (κ2) is 10.0. The molecule has 0 bridgehead atoms. The summed E-state index contributed by atoms with van der Waals surface area (Å²) < 4.78 is 0. The Bertz CT molecular complexity index is 571. The molecule has 4 nitrogen and oxygen atoms in total. The van der Waals surface area contributed by atoms with E-state index < -0.39 is 0 Å². The predicted molar refractivity (Wildman–Crippen MR) is 101 cm³/mol. The number of carbonyl (C=O) groups is 2. The van der Waals surface area contributed by atoms with Gasteiger partial charge in [-0.15, -0.1) is 6.58 Å². The standard InChI is InChI=1S/C21H30N2O2/c1-3-15-22-20(24)18-13-7-8-14-19(18)21(25)23(2)16-9-12-17-10-5-4-6-11-17/h3-6,10-11,18-19H,1,7-9,12-16H2,2H3,(H,22,24)/t18-,19+/m1/s1. The molecule has 0 saturated heterocycles. The highest BCUT2D eigenvalue weighted by Crippen LogP contribution is 2.31. The highest BCUT2D eigenvalue weighted by atomic mass is 16.2. The zero-order valence-electron chi connectivity index (χ0n) is 15.2. The summed E-state index contributed by atoms with van der Waals surface area (Å²) in [5.74, 6) is -0.264. The van der Waals surface area contributed by atoms with Gasteiger partial charge in [-0.3, -0.25) is 9.59 Å². The molecule has 136 valence electrons. The van der Waals surface area contributed by atoms with Gasteiger partial charge in [0.15, 0.2) is 0 Å². The van der Waals surface area contributed by atoms with Crippen molar-refractivity contribution in [2.24, 2.45) is 11.8 Å². The first kappa shape index (κ1) is 19.2. The van der Waals surface area contributed by atoms with Crippen LogP contribution in [0.2, 0.25) is 0 Å². The number of hydrogen-bond donors (Lipinski definition) is 1. The van der Waals surface area contributed by atoms with E-state index in [0.29, 0.717) is 6.54 Å². The first-order chi connectivity index (χ1) is 12.1. The van der Waals surface area contributed by atoms with Crippen LogP contribution in [0.15, 0.2) is 43.0 Å². The van der Waals surface area contributed by atoms with Crippen molar-refractivity contribution in [2.45, 2.75) is 38.5 Å². The maximum atomic E-state index is 12.9. The van der Waals surface area contributed by atoms with E-state index in [2.05, 4.69) is 24.0 Å². The zero-order valence-corrected chi connectivity index (χ0v) is 15.2. The number of aryl methyl sites for hydroxylation is 1. The molecule has 1 N–H and O–H groups in total. The number of carbonyl (C=O) groups excluding carboxylic acids is 2. The van der Waals surface area contributed by atoms with Gasteiger partial charge >= 0.3 is 0 Å². The molecule has 0 spiro atoms. The van der Waals surface area contributed by atoms with Gasteiger partial charge in [0, 0.05) is 32.0 Å². The molecular weight excluding hydrogens is 312 g/mol. The van der Waals surface area contributed by atoms with Crippen LogP contribution in [0.4, 0.5) is 0 Å². The van der Waals surface area contributed by atoms with Gasteiger partial charge in [-0.25, -0.2) is 0 Å². The minimum atomic E-state index is -0.197. The second-order valence-corrected chi connectivity index (χ2v) is 6.88. The summed E-state index contributed by atoms with van der Waals surface area (Å²) in [5.41, 5.74) is 1.29. The molecule has 1 fully saturated rings. The predicted octanol–water partition coefficient (Wildman–Crippen LogP) is 3.19. The van der Waals surface area contributed by atoms with E-state index in [-0.39, 0.29) is 23.7 Å². The van der Waals surface area contributed by atoms with Crippen LogP contribution in [-0.2, 0) is 16.0 Å². The fourth-order valence-corrected chi connectivity index (χ4v) is 3.60. The van der Waals surface area contributed by atoms with Gasteiger partial charge in [-0.2, -0.15) is 0 Å². The molecule has 1 aromatic carbocycles. The third-order valence-electron chi connectivity index (χ3n) is 5.02. The van der Waals surface area contributed by atoms with Crippen molar-refractivity contribution < 1.29 is 9.59 Å². The van der Waals surface area contributed by atoms with Crippen LogP contribution in [0.3, 0.4) is 0 Å². The molecule has 0 radical (unpaired) electrons. The van der Waals surface area contributed by atoms with Crippen molar-refractivity contribution in [1.29, 1.82) is 0 Å².